The summed E-state index contributed by atoms with van der Waals surface area (Å²) in [5, 5.41) is 0. The average Bonchev–Trinajstić information content (AvgIpc) is 2.46. The van der Waals surface area contributed by atoms with E-state index in [-0.39, 0.29) is 5.91 Å². The Hall–Kier alpha value is -1.22. The molecule has 0 spiro atoms. The Morgan fingerprint density at radius 1 is 1.16 bits per heavy atom. The van der Waals surface area contributed by atoms with Crippen molar-refractivity contribution in [2.75, 3.05) is 37.0 Å². The highest BCUT2D eigenvalue weighted by Gasteiger charge is 2.20. The summed E-state index contributed by atoms with van der Waals surface area (Å²) in [5.74, 6) is 0.805. The molecule has 0 radical (unpaired) electrons. The molecule has 2 rings (SSSR count). The van der Waals surface area contributed by atoms with Gasteiger partial charge in [0.1, 0.15) is 0 Å². The highest BCUT2D eigenvalue weighted by molar-refractivity contribution is 6.17. The van der Waals surface area contributed by atoms with E-state index in [4.69, 9.17) is 11.6 Å². The first-order chi connectivity index (χ1) is 9.20. The summed E-state index contributed by atoms with van der Waals surface area (Å²) in [4.78, 5) is 16.2. The molecule has 1 heterocycles. The number of rotatable bonds is 4. The monoisotopic (exact) mass is 280 g/mol. The molecule has 1 amide bonds. The summed E-state index contributed by atoms with van der Waals surface area (Å²) in [6.45, 7) is 5.55. The van der Waals surface area contributed by atoms with Crippen LogP contribution >= 0.6 is 11.6 Å². The van der Waals surface area contributed by atoms with Crippen molar-refractivity contribution in [2.45, 2.75) is 19.8 Å². The van der Waals surface area contributed by atoms with Crippen molar-refractivity contribution in [3.8, 4) is 0 Å². The highest BCUT2D eigenvalue weighted by Crippen LogP contribution is 2.17. The van der Waals surface area contributed by atoms with Gasteiger partial charge in [0.25, 0.3) is 0 Å². The van der Waals surface area contributed by atoms with Crippen molar-refractivity contribution >= 4 is 23.2 Å². The van der Waals surface area contributed by atoms with E-state index in [0.29, 0.717) is 12.3 Å². The van der Waals surface area contributed by atoms with E-state index < -0.39 is 0 Å². The van der Waals surface area contributed by atoms with E-state index in [0.717, 1.165) is 32.6 Å². The lowest BCUT2D eigenvalue weighted by Crippen LogP contribution is -2.48. The van der Waals surface area contributed by atoms with Crippen LogP contribution in [0.3, 0.4) is 0 Å². The van der Waals surface area contributed by atoms with E-state index in [1.165, 1.54) is 11.3 Å². The number of aryl methyl sites for hydroxylation is 1. The molecule has 0 aromatic heterocycles. The Labute approximate surface area is 120 Å². The second-order valence-corrected chi connectivity index (χ2v) is 5.37. The summed E-state index contributed by atoms with van der Waals surface area (Å²) in [6.07, 6.45) is 1.35. The molecular formula is C15H21ClN2O. The Bertz CT molecular complexity index is 411. The molecule has 0 atom stereocenters. The van der Waals surface area contributed by atoms with Gasteiger partial charge in [-0.2, -0.15) is 0 Å². The molecule has 1 aliphatic heterocycles. The van der Waals surface area contributed by atoms with Gasteiger partial charge in [0.15, 0.2) is 0 Å². The van der Waals surface area contributed by atoms with Gasteiger partial charge in [-0.1, -0.05) is 17.7 Å². The SMILES string of the molecule is Cc1ccc(N2CCN(C(=O)CCCCl)CC2)cc1. The first-order valence-electron chi connectivity index (χ1n) is 6.86. The van der Waals surface area contributed by atoms with Crippen LogP contribution in [0, 0.1) is 6.92 Å². The zero-order valence-electron chi connectivity index (χ0n) is 11.4. The first kappa shape index (κ1) is 14.2. The lowest BCUT2D eigenvalue weighted by atomic mass is 10.2. The van der Waals surface area contributed by atoms with E-state index in [2.05, 4.69) is 36.1 Å². The van der Waals surface area contributed by atoms with Gasteiger partial charge in [0, 0.05) is 44.2 Å². The van der Waals surface area contributed by atoms with Gasteiger partial charge in [-0.25, -0.2) is 0 Å². The number of amides is 1. The largest absolute Gasteiger partial charge is 0.368 e. The molecule has 104 valence electrons. The topological polar surface area (TPSA) is 23.6 Å². The average molecular weight is 281 g/mol. The van der Waals surface area contributed by atoms with Gasteiger partial charge >= 0.3 is 0 Å². The van der Waals surface area contributed by atoms with Gasteiger partial charge < -0.3 is 9.80 Å². The van der Waals surface area contributed by atoms with E-state index >= 15 is 0 Å². The number of nitrogens with zero attached hydrogens (tertiary/aromatic N) is 2. The third kappa shape index (κ3) is 3.87. The van der Waals surface area contributed by atoms with Crippen LogP contribution in [-0.2, 0) is 4.79 Å². The Morgan fingerprint density at radius 2 is 1.79 bits per heavy atom. The number of hydrogen-bond donors (Lipinski definition) is 0. The van der Waals surface area contributed by atoms with E-state index in [1.54, 1.807) is 0 Å². The third-order valence-corrected chi connectivity index (χ3v) is 3.82. The molecule has 0 unspecified atom stereocenters. The number of carbonyl (C=O) groups excluding carboxylic acids is 1. The smallest absolute Gasteiger partial charge is 0.222 e. The van der Waals surface area contributed by atoms with E-state index in [9.17, 15) is 4.79 Å². The van der Waals surface area contributed by atoms with Gasteiger partial charge in [-0.05, 0) is 25.5 Å². The number of piperazine rings is 1. The molecule has 0 bridgehead atoms. The molecule has 1 saturated heterocycles. The number of alkyl halides is 1. The molecule has 0 aliphatic carbocycles. The van der Waals surface area contributed by atoms with Gasteiger partial charge in [0.2, 0.25) is 5.91 Å². The number of carbonyl (C=O) groups is 1. The standard InChI is InChI=1S/C15H21ClN2O/c1-13-4-6-14(7-5-13)17-9-11-18(12-10-17)15(19)3-2-8-16/h4-7H,2-3,8-12H2,1H3. The Kier molecular flexibility index (Phi) is 5.08. The quantitative estimate of drug-likeness (QED) is 0.792. The number of anilines is 1. The molecule has 1 fully saturated rings. The summed E-state index contributed by atoms with van der Waals surface area (Å²) < 4.78 is 0. The maximum Gasteiger partial charge on any atom is 0.222 e. The second kappa shape index (κ2) is 6.80. The molecule has 1 aromatic rings. The second-order valence-electron chi connectivity index (χ2n) is 5.00. The van der Waals surface area contributed by atoms with Crippen LogP contribution < -0.4 is 4.90 Å². The minimum atomic E-state index is 0.240. The Morgan fingerprint density at radius 3 is 2.37 bits per heavy atom. The van der Waals surface area contributed by atoms with Gasteiger partial charge in [-0.3, -0.25) is 4.79 Å². The van der Waals surface area contributed by atoms with Crippen molar-refractivity contribution in [1.29, 1.82) is 0 Å². The van der Waals surface area contributed by atoms with Crippen molar-refractivity contribution in [3.05, 3.63) is 29.8 Å². The first-order valence-corrected chi connectivity index (χ1v) is 7.39. The highest BCUT2D eigenvalue weighted by atomic mass is 35.5. The fraction of sp³-hybridized carbons (Fsp3) is 0.533. The lowest BCUT2D eigenvalue weighted by molar-refractivity contribution is -0.131. The molecular weight excluding hydrogens is 260 g/mol. The predicted octanol–water partition coefficient (Wildman–Crippen LogP) is 2.66. The molecule has 3 nitrogen and oxygen atoms in total. The fourth-order valence-corrected chi connectivity index (χ4v) is 2.48. The van der Waals surface area contributed by atoms with Crippen LogP contribution in [0.2, 0.25) is 0 Å². The third-order valence-electron chi connectivity index (χ3n) is 3.56. The molecule has 0 N–H and O–H groups in total. The summed E-state index contributed by atoms with van der Waals surface area (Å²) in [5.41, 5.74) is 2.53. The van der Waals surface area contributed by atoms with Crippen molar-refractivity contribution in [3.63, 3.8) is 0 Å². The molecule has 1 aromatic carbocycles. The minimum Gasteiger partial charge on any atom is -0.368 e. The lowest BCUT2D eigenvalue weighted by Gasteiger charge is -2.36. The minimum absolute atomic E-state index is 0.240. The van der Waals surface area contributed by atoms with Gasteiger partial charge in [0.05, 0.1) is 0 Å². The number of hydrogen-bond acceptors (Lipinski definition) is 2. The fourth-order valence-electron chi connectivity index (χ4n) is 2.35. The van der Waals surface area contributed by atoms with Crippen LogP contribution in [0.15, 0.2) is 24.3 Å². The summed E-state index contributed by atoms with van der Waals surface area (Å²) in [7, 11) is 0. The normalized spacial score (nSPS) is 15.7. The van der Waals surface area contributed by atoms with Crippen LogP contribution in [0.4, 0.5) is 5.69 Å². The predicted molar refractivity (Wildman–Crippen MR) is 79.9 cm³/mol. The summed E-state index contributed by atoms with van der Waals surface area (Å²) >= 11 is 5.62. The van der Waals surface area contributed by atoms with Crippen molar-refractivity contribution < 1.29 is 4.79 Å². The molecule has 19 heavy (non-hydrogen) atoms. The zero-order valence-corrected chi connectivity index (χ0v) is 12.2. The molecule has 0 saturated carbocycles. The van der Waals surface area contributed by atoms with Gasteiger partial charge in [-0.15, -0.1) is 11.6 Å². The maximum atomic E-state index is 11.9. The summed E-state index contributed by atoms with van der Waals surface area (Å²) in [6, 6.07) is 8.57. The number of benzene rings is 1. The van der Waals surface area contributed by atoms with Crippen LogP contribution in [0.5, 0.6) is 0 Å². The van der Waals surface area contributed by atoms with Crippen LogP contribution in [0.1, 0.15) is 18.4 Å². The van der Waals surface area contributed by atoms with Crippen molar-refractivity contribution in [2.24, 2.45) is 0 Å². The number of halogens is 1. The Balaban J connectivity index is 1.85. The van der Waals surface area contributed by atoms with Crippen LogP contribution in [0.25, 0.3) is 0 Å². The van der Waals surface area contributed by atoms with Crippen molar-refractivity contribution in [1.82, 2.24) is 4.90 Å². The molecule has 1 aliphatic rings. The maximum absolute atomic E-state index is 11.9. The zero-order chi connectivity index (χ0) is 13.7. The van der Waals surface area contributed by atoms with Crippen LogP contribution in [-0.4, -0.2) is 42.9 Å². The van der Waals surface area contributed by atoms with E-state index in [1.807, 2.05) is 4.90 Å². The molecule has 4 heteroatoms.